The van der Waals surface area contributed by atoms with Crippen LogP contribution in [0.2, 0.25) is 0 Å². The number of halogens is 2. The quantitative estimate of drug-likeness (QED) is 0.458. The molecule has 1 aromatic heterocycles. The maximum atomic E-state index is 13.3. The Morgan fingerprint density at radius 2 is 1.73 bits per heavy atom. The van der Waals surface area contributed by atoms with Gasteiger partial charge in [0, 0.05) is 17.1 Å². The molecule has 0 N–H and O–H groups in total. The summed E-state index contributed by atoms with van der Waals surface area (Å²) >= 11 is 3.25. The van der Waals surface area contributed by atoms with Gasteiger partial charge in [-0.3, -0.25) is 4.79 Å². The van der Waals surface area contributed by atoms with Gasteiger partial charge in [-0.25, -0.2) is 21.2 Å². The van der Waals surface area contributed by atoms with Crippen LogP contribution in [0.15, 0.2) is 79.5 Å². The molecule has 1 saturated heterocycles. The molecule has 4 rings (SSSR count). The minimum absolute atomic E-state index is 0.00380. The fourth-order valence-electron chi connectivity index (χ4n) is 3.63. The first-order valence-electron chi connectivity index (χ1n) is 9.91. The van der Waals surface area contributed by atoms with E-state index in [9.17, 15) is 26.0 Å². The van der Waals surface area contributed by atoms with Gasteiger partial charge in [0.05, 0.1) is 16.4 Å². The average Bonchev–Trinajstić information content (AvgIpc) is 3.40. The highest BCUT2D eigenvalue weighted by atomic mass is 79.9. The Hall–Kier alpha value is -2.50. The molecule has 33 heavy (non-hydrogen) atoms. The van der Waals surface area contributed by atoms with Crippen molar-refractivity contribution in [2.24, 2.45) is 0 Å². The van der Waals surface area contributed by atoms with Gasteiger partial charge in [-0.15, -0.1) is 0 Å². The van der Waals surface area contributed by atoms with Crippen molar-refractivity contribution < 1.29 is 30.4 Å². The number of hydrogen-bond donors (Lipinski definition) is 0. The number of carbonyl (C=O) groups excluding carboxylic acids is 1. The number of sulfone groups is 2. The molecule has 0 spiro atoms. The van der Waals surface area contributed by atoms with Crippen molar-refractivity contribution in [1.29, 1.82) is 0 Å². The number of rotatable bonds is 6. The first kappa shape index (κ1) is 23.7. The third kappa shape index (κ3) is 5.20. The molecule has 2 heterocycles. The molecular formula is C22H19BrFNO6S2. The zero-order valence-electron chi connectivity index (χ0n) is 17.1. The molecule has 1 fully saturated rings. The van der Waals surface area contributed by atoms with E-state index in [1.54, 1.807) is 12.1 Å². The standard InChI is InChI=1S/C22H19BrFNO6S2/c23-16-3-7-19(8-4-16)33(29,30)21-10-9-20(31-21)22(26)25(18-11-12-32(27,28)14-18)13-15-1-5-17(24)6-2-15/h1-10,18H,11-14H2/t18-/m1/s1. The van der Waals surface area contributed by atoms with Gasteiger partial charge in [-0.05, 0) is 60.5 Å². The van der Waals surface area contributed by atoms with E-state index in [-0.39, 0.29) is 35.1 Å². The van der Waals surface area contributed by atoms with E-state index in [0.29, 0.717) is 10.0 Å². The van der Waals surface area contributed by atoms with E-state index in [1.807, 2.05) is 0 Å². The van der Waals surface area contributed by atoms with Crippen LogP contribution < -0.4 is 0 Å². The van der Waals surface area contributed by atoms with E-state index >= 15 is 0 Å². The first-order valence-corrected chi connectivity index (χ1v) is 14.0. The molecule has 0 unspecified atom stereocenters. The molecule has 0 bridgehead atoms. The second-order valence-corrected chi connectivity index (χ2v) is 12.7. The number of benzene rings is 2. The van der Waals surface area contributed by atoms with Crippen molar-refractivity contribution in [2.75, 3.05) is 11.5 Å². The molecule has 0 saturated carbocycles. The normalized spacial score (nSPS) is 17.7. The van der Waals surface area contributed by atoms with Crippen LogP contribution >= 0.6 is 15.9 Å². The lowest BCUT2D eigenvalue weighted by molar-refractivity contribution is 0.0642. The number of carbonyl (C=O) groups is 1. The Morgan fingerprint density at radius 3 is 2.33 bits per heavy atom. The summed E-state index contributed by atoms with van der Waals surface area (Å²) in [6.45, 7) is 0.0226. The van der Waals surface area contributed by atoms with Gasteiger partial charge in [-0.2, -0.15) is 0 Å². The van der Waals surface area contributed by atoms with E-state index in [0.717, 1.165) is 0 Å². The molecule has 1 aliphatic heterocycles. The minimum Gasteiger partial charge on any atom is -0.439 e. The second-order valence-electron chi connectivity index (χ2n) is 7.69. The summed E-state index contributed by atoms with van der Waals surface area (Å²) in [5, 5.41) is -0.394. The van der Waals surface area contributed by atoms with E-state index in [1.165, 1.54) is 53.4 Å². The number of furan rings is 1. The molecule has 11 heteroatoms. The molecule has 1 atom stereocenters. The van der Waals surface area contributed by atoms with Crippen LogP contribution in [0.1, 0.15) is 22.5 Å². The van der Waals surface area contributed by atoms with Crippen molar-refractivity contribution in [3.8, 4) is 0 Å². The molecule has 0 aliphatic carbocycles. The second kappa shape index (κ2) is 9.03. The largest absolute Gasteiger partial charge is 0.439 e. The van der Waals surface area contributed by atoms with Crippen LogP contribution in [0.25, 0.3) is 0 Å². The lowest BCUT2D eigenvalue weighted by atomic mass is 10.1. The van der Waals surface area contributed by atoms with Gasteiger partial charge in [0.15, 0.2) is 15.6 Å². The fourth-order valence-corrected chi connectivity index (χ4v) is 6.79. The summed E-state index contributed by atoms with van der Waals surface area (Å²) in [5.41, 5.74) is 0.600. The molecule has 1 aliphatic rings. The van der Waals surface area contributed by atoms with Crippen LogP contribution in [0.5, 0.6) is 0 Å². The van der Waals surface area contributed by atoms with Crippen molar-refractivity contribution in [2.45, 2.75) is 29.0 Å². The molecular weight excluding hydrogens is 537 g/mol. The lowest BCUT2D eigenvalue weighted by Crippen LogP contribution is -2.40. The highest BCUT2D eigenvalue weighted by Crippen LogP contribution is 2.27. The van der Waals surface area contributed by atoms with Crippen LogP contribution in [0.3, 0.4) is 0 Å². The van der Waals surface area contributed by atoms with Gasteiger partial charge in [0.25, 0.3) is 5.91 Å². The lowest BCUT2D eigenvalue weighted by Gasteiger charge is -2.27. The molecule has 7 nitrogen and oxygen atoms in total. The zero-order valence-corrected chi connectivity index (χ0v) is 20.4. The average molecular weight is 556 g/mol. The van der Waals surface area contributed by atoms with Gasteiger partial charge < -0.3 is 9.32 Å². The molecule has 2 aromatic carbocycles. The monoisotopic (exact) mass is 555 g/mol. The first-order chi connectivity index (χ1) is 15.5. The van der Waals surface area contributed by atoms with Crippen molar-refractivity contribution >= 4 is 41.5 Å². The Morgan fingerprint density at radius 1 is 1.06 bits per heavy atom. The topological polar surface area (TPSA) is 102 Å². The summed E-state index contributed by atoms with van der Waals surface area (Å²) in [6.07, 6.45) is 0.250. The predicted octanol–water partition coefficient (Wildman–Crippen LogP) is 3.84. The Kier molecular flexibility index (Phi) is 6.47. The third-order valence-electron chi connectivity index (χ3n) is 5.36. The fraction of sp³-hybridized carbons (Fsp3) is 0.227. The predicted molar refractivity (Wildman–Crippen MR) is 122 cm³/mol. The molecule has 3 aromatic rings. The van der Waals surface area contributed by atoms with Gasteiger partial charge in [0.1, 0.15) is 5.82 Å². The minimum atomic E-state index is -3.99. The van der Waals surface area contributed by atoms with Gasteiger partial charge in [-0.1, -0.05) is 28.1 Å². The zero-order chi connectivity index (χ0) is 23.8. The summed E-state index contributed by atoms with van der Waals surface area (Å²) in [5.74, 6) is -1.55. The summed E-state index contributed by atoms with van der Waals surface area (Å²) < 4.78 is 69.2. The maximum Gasteiger partial charge on any atom is 0.290 e. The van der Waals surface area contributed by atoms with Crippen LogP contribution in [0.4, 0.5) is 4.39 Å². The van der Waals surface area contributed by atoms with Crippen LogP contribution in [-0.2, 0) is 26.2 Å². The highest BCUT2D eigenvalue weighted by molar-refractivity contribution is 9.10. The molecule has 0 radical (unpaired) electrons. The third-order valence-corrected chi connectivity index (χ3v) is 9.28. The Bertz CT molecular complexity index is 1380. The number of hydrogen-bond acceptors (Lipinski definition) is 6. The van der Waals surface area contributed by atoms with Gasteiger partial charge >= 0.3 is 0 Å². The Balaban J connectivity index is 1.64. The summed E-state index contributed by atoms with van der Waals surface area (Å²) in [7, 11) is -7.29. The molecule has 1 amide bonds. The van der Waals surface area contributed by atoms with Crippen LogP contribution in [-0.4, -0.2) is 45.2 Å². The summed E-state index contributed by atoms with van der Waals surface area (Å²) in [6, 6.07) is 13.3. The Labute approximate surface area is 199 Å². The van der Waals surface area contributed by atoms with Crippen molar-refractivity contribution in [1.82, 2.24) is 4.90 Å². The highest BCUT2D eigenvalue weighted by Gasteiger charge is 2.36. The van der Waals surface area contributed by atoms with Crippen LogP contribution in [0, 0.1) is 5.82 Å². The number of nitrogens with zero attached hydrogens (tertiary/aromatic N) is 1. The summed E-state index contributed by atoms with van der Waals surface area (Å²) in [4.78, 5) is 14.6. The smallest absolute Gasteiger partial charge is 0.290 e. The van der Waals surface area contributed by atoms with Crippen molar-refractivity contribution in [3.63, 3.8) is 0 Å². The molecule has 174 valence electrons. The van der Waals surface area contributed by atoms with E-state index < -0.39 is 42.5 Å². The van der Waals surface area contributed by atoms with Crippen molar-refractivity contribution in [3.05, 3.63) is 82.3 Å². The van der Waals surface area contributed by atoms with E-state index in [4.69, 9.17) is 4.42 Å². The number of amides is 1. The van der Waals surface area contributed by atoms with Gasteiger partial charge in [0.2, 0.25) is 14.9 Å². The SMILES string of the molecule is O=C(c1ccc(S(=O)(=O)c2ccc(Br)cc2)o1)N(Cc1ccc(F)cc1)[C@@H]1CCS(=O)(=O)C1. The maximum absolute atomic E-state index is 13.3. The van der Waals surface area contributed by atoms with E-state index in [2.05, 4.69) is 15.9 Å².